The normalized spacial score (nSPS) is 19.9. The average Bonchev–Trinajstić information content (AvgIpc) is 3.07. The Labute approximate surface area is 163 Å². The summed E-state index contributed by atoms with van der Waals surface area (Å²) in [4.78, 5) is 33.6. The molecule has 0 unspecified atom stereocenters. The first-order chi connectivity index (χ1) is 13.2. The molecule has 2 amide bonds. The summed E-state index contributed by atoms with van der Waals surface area (Å²) in [6.07, 6.45) is 0. The highest BCUT2D eigenvalue weighted by molar-refractivity contribution is 7.84. The van der Waals surface area contributed by atoms with Crippen molar-refractivity contribution in [2.24, 2.45) is 5.16 Å². The number of thiazole rings is 1. The molecule has 2 heterocycles. The molecule has 1 aliphatic rings. The van der Waals surface area contributed by atoms with Crippen LogP contribution in [0.4, 0.5) is 5.13 Å². The van der Waals surface area contributed by atoms with Gasteiger partial charge in [-0.25, -0.2) is 9.29 Å². The van der Waals surface area contributed by atoms with Crippen LogP contribution in [0.3, 0.4) is 0 Å². The average molecular weight is 425 g/mol. The topological polar surface area (TPSA) is 164 Å². The summed E-state index contributed by atoms with van der Waals surface area (Å²) < 4.78 is 32.8. The van der Waals surface area contributed by atoms with E-state index in [-0.39, 0.29) is 16.5 Å². The molecule has 0 bridgehead atoms. The number of amides is 2. The van der Waals surface area contributed by atoms with Gasteiger partial charge in [-0.15, -0.1) is 11.3 Å². The molecule has 4 N–H and O–H groups in total. The quantitative estimate of drug-likeness (QED) is 0.251. The van der Waals surface area contributed by atoms with Crippen molar-refractivity contribution >= 4 is 44.3 Å². The highest BCUT2D eigenvalue weighted by Crippen LogP contribution is 2.37. The summed E-state index contributed by atoms with van der Waals surface area (Å²) in [7, 11) is -3.58. The van der Waals surface area contributed by atoms with Crippen LogP contribution in [0.5, 0.6) is 0 Å². The van der Waals surface area contributed by atoms with Crippen molar-refractivity contribution in [2.45, 2.75) is 12.1 Å². The fourth-order valence-corrected chi connectivity index (χ4v) is 4.16. The number of hydrogen-bond donors (Lipinski definition) is 3. The van der Waals surface area contributed by atoms with Crippen LogP contribution in [0.2, 0.25) is 0 Å². The number of rotatable bonds is 6. The molecule has 13 heteroatoms. The van der Waals surface area contributed by atoms with Gasteiger partial charge in [0.25, 0.3) is 11.8 Å². The molecule has 1 fully saturated rings. The Hall–Kier alpha value is -3.03. The van der Waals surface area contributed by atoms with Crippen LogP contribution >= 0.6 is 11.3 Å². The maximum absolute atomic E-state index is 12.6. The first-order valence-electron chi connectivity index (χ1n) is 7.73. The molecule has 0 aliphatic carbocycles. The van der Waals surface area contributed by atoms with Gasteiger partial charge in [0.05, 0.1) is 0 Å². The standard InChI is InChI=1S/C15H15N5O6S2/c1-26-19-10(9-7-27-15(16)17-9)13(21)18-11-12(8-5-3-2-4-6-8)20(14(11)22)28(23,24)25/h2-7,11-12H,1H3,(H2,16,17)(H,18,21)(H,23,24,25)/t11-,12+/m1/s1. The molecule has 0 radical (unpaired) electrons. The van der Waals surface area contributed by atoms with Gasteiger partial charge in [-0.3, -0.25) is 14.1 Å². The number of carbonyl (C=O) groups is 2. The van der Waals surface area contributed by atoms with Crippen molar-refractivity contribution < 1.29 is 27.4 Å². The lowest BCUT2D eigenvalue weighted by Crippen LogP contribution is -2.67. The number of nitrogens with two attached hydrogens (primary N) is 1. The number of benzene rings is 1. The maximum Gasteiger partial charge on any atom is 0.362 e. The van der Waals surface area contributed by atoms with E-state index in [1.165, 1.54) is 12.5 Å². The molecule has 1 aromatic heterocycles. The number of nitrogens with one attached hydrogen (secondary N) is 1. The summed E-state index contributed by atoms with van der Waals surface area (Å²) in [5, 5.41) is 7.71. The van der Waals surface area contributed by atoms with Gasteiger partial charge >= 0.3 is 10.3 Å². The molecule has 1 aromatic carbocycles. The Kier molecular flexibility index (Phi) is 5.31. The predicted molar refractivity (Wildman–Crippen MR) is 99.6 cm³/mol. The zero-order valence-corrected chi connectivity index (χ0v) is 16.0. The highest BCUT2D eigenvalue weighted by Gasteiger charge is 2.54. The molecule has 11 nitrogen and oxygen atoms in total. The van der Waals surface area contributed by atoms with Crippen LogP contribution in [0.1, 0.15) is 17.3 Å². The lowest BCUT2D eigenvalue weighted by Gasteiger charge is -2.44. The molecule has 2 aromatic rings. The first kappa shape index (κ1) is 19.7. The van der Waals surface area contributed by atoms with Crippen LogP contribution in [-0.2, 0) is 24.7 Å². The van der Waals surface area contributed by atoms with Gasteiger partial charge in [0.15, 0.2) is 10.8 Å². The molecule has 28 heavy (non-hydrogen) atoms. The number of hydrogen-bond acceptors (Lipinski definition) is 9. The number of nitrogens with zero attached hydrogens (tertiary/aromatic N) is 3. The highest BCUT2D eigenvalue weighted by atomic mass is 32.2. The fraction of sp³-hybridized carbons (Fsp3) is 0.200. The fourth-order valence-electron chi connectivity index (χ4n) is 2.74. The van der Waals surface area contributed by atoms with E-state index in [1.54, 1.807) is 30.3 Å². The number of carbonyl (C=O) groups excluding carboxylic acids is 2. The van der Waals surface area contributed by atoms with Crippen LogP contribution in [0.25, 0.3) is 0 Å². The number of anilines is 1. The number of β-lactam (4-membered cyclic amide) rings is 1. The molecule has 0 saturated carbocycles. The van der Waals surface area contributed by atoms with Crippen LogP contribution in [0, 0.1) is 0 Å². The maximum atomic E-state index is 12.6. The van der Waals surface area contributed by atoms with Gasteiger partial charge in [-0.05, 0) is 5.56 Å². The van der Waals surface area contributed by atoms with Crippen molar-refractivity contribution in [1.82, 2.24) is 14.6 Å². The molecule has 1 saturated heterocycles. The van der Waals surface area contributed by atoms with Gasteiger partial charge in [0, 0.05) is 5.38 Å². The SMILES string of the molecule is CON=C(C(=O)N[C@H]1C(=O)N(S(=O)(=O)O)[C@H]1c1ccccc1)c1csc(N)n1. The third-order valence-corrected chi connectivity index (χ3v) is 5.47. The summed E-state index contributed by atoms with van der Waals surface area (Å²) in [5.41, 5.74) is 5.87. The van der Waals surface area contributed by atoms with Gasteiger partial charge < -0.3 is 15.9 Å². The smallest absolute Gasteiger partial charge is 0.362 e. The van der Waals surface area contributed by atoms with Crippen molar-refractivity contribution in [3.63, 3.8) is 0 Å². The Bertz CT molecular complexity index is 1040. The van der Waals surface area contributed by atoms with E-state index in [9.17, 15) is 22.6 Å². The Balaban J connectivity index is 1.90. The van der Waals surface area contributed by atoms with Crippen molar-refractivity contribution in [1.29, 1.82) is 0 Å². The number of oxime groups is 1. The molecule has 3 rings (SSSR count). The number of aromatic nitrogens is 1. The molecule has 0 spiro atoms. The summed E-state index contributed by atoms with van der Waals surface area (Å²) in [6, 6.07) is 5.75. The van der Waals surface area contributed by atoms with Crippen molar-refractivity contribution in [3.8, 4) is 0 Å². The molecular weight excluding hydrogens is 410 g/mol. The Morgan fingerprint density at radius 3 is 2.61 bits per heavy atom. The minimum atomic E-state index is -4.81. The largest absolute Gasteiger partial charge is 0.398 e. The second kappa shape index (κ2) is 7.53. The zero-order valence-electron chi connectivity index (χ0n) is 14.3. The molecular formula is C15H15N5O6S2. The van der Waals surface area contributed by atoms with E-state index in [0.717, 1.165) is 11.3 Å². The lowest BCUT2D eigenvalue weighted by atomic mass is 9.91. The number of nitrogen functional groups attached to an aromatic ring is 1. The molecule has 148 valence electrons. The van der Waals surface area contributed by atoms with Crippen LogP contribution in [-0.4, -0.2) is 52.9 Å². The van der Waals surface area contributed by atoms with Crippen LogP contribution in [0.15, 0.2) is 40.9 Å². The summed E-state index contributed by atoms with van der Waals surface area (Å²) >= 11 is 1.08. The van der Waals surface area contributed by atoms with Crippen molar-refractivity contribution in [3.05, 3.63) is 47.0 Å². The van der Waals surface area contributed by atoms with E-state index in [4.69, 9.17) is 5.73 Å². The van der Waals surface area contributed by atoms with E-state index < -0.39 is 34.2 Å². The van der Waals surface area contributed by atoms with Crippen LogP contribution < -0.4 is 11.1 Å². The second-order valence-corrected chi connectivity index (χ2v) is 7.79. The first-order valence-corrected chi connectivity index (χ1v) is 10.0. The molecule has 2 atom stereocenters. The van der Waals surface area contributed by atoms with E-state index >= 15 is 0 Å². The Morgan fingerprint density at radius 2 is 2.07 bits per heavy atom. The van der Waals surface area contributed by atoms with E-state index in [0.29, 0.717) is 9.87 Å². The van der Waals surface area contributed by atoms with Gasteiger partial charge in [-0.2, -0.15) is 8.42 Å². The molecule has 1 aliphatic heterocycles. The summed E-state index contributed by atoms with van der Waals surface area (Å²) in [6.45, 7) is 0. The van der Waals surface area contributed by atoms with E-state index in [2.05, 4.69) is 20.3 Å². The van der Waals surface area contributed by atoms with Gasteiger partial charge in [0.2, 0.25) is 0 Å². The minimum Gasteiger partial charge on any atom is -0.398 e. The second-order valence-electron chi connectivity index (χ2n) is 5.61. The van der Waals surface area contributed by atoms with Gasteiger partial charge in [0.1, 0.15) is 24.9 Å². The monoisotopic (exact) mass is 425 g/mol. The van der Waals surface area contributed by atoms with E-state index in [1.807, 2.05) is 0 Å². The minimum absolute atomic E-state index is 0.136. The predicted octanol–water partition coefficient (Wildman–Crippen LogP) is -0.0531. The summed E-state index contributed by atoms with van der Waals surface area (Å²) in [5.74, 6) is -1.80. The van der Waals surface area contributed by atoms with Crippen molar-refractivity contribution in [2.75, 3.05) is 12.8 Å². The Morgan fingerprint density at radius 1 is 1.39 bits per heavy atom. The van der Waals surface area contributed by atoms with Gasteiger partial charge in [-0.1, -0.05) is 35.5 Å². The zero-order chi connectivity index (χ0) is 20.5. The lowest BCUT2D eigenvalue weighted by molar-refractivity contribution is -0.145. The third-order valence-electron chi connectivity index (χ3n) is 3.89. The third kappa shape index (κ3) is 3.67.